The predicted octanol–water partition coefficient (Wildman–Crippen LogP) is 2.73. The van der Waals surface area contributed by atoms with Gasteiger partial charge >= 0.3 is 6.03 Å². The van der Waals surface area contributed by atoms with Crippen molar-refractivity contribution in [2.24, 2.45) is 5.73 Å². The Hall–Kier alpha value is -2.61. The van der Waals surface area contributed by atoms with E-state index in [0.29, 0.717) is 5.69 Å². The molecule has 2 rings (SSSR count). The molecule has 1 atom stereocenters. The summed E-state index contributed by atoms with van der Waals surface area (Å²) in [5.41, 5.74) is 5.82. The van der Waals surface area contributed by atoms with E-state index in [-0.39, 0.29) is 12.3 Å². The van der Waals surface area contributed by atoms with E-state index < -0.39 is 12.1 Å². The molecule has 2 aromatic rings. The molecule has 1 unspecified atom stereocenters. The fourth-order valence-electron chi connectivity index (χ4n) is 2.48. The number of hydrogen-bond donors (Lipinski definition) is 3. The van der Waals surface area contributed by atoms with Crippen molar-refractivity contribution in [3.63, 3.8) is 0 Å². The molecule has 8 heteroatoms. The van der Waals surface area contributed by atoms with Crippen molar-refractivity contribution < 1.29 is 9.59 Å². The zero-order valence-electron chi connectivity index (χ0n) is 14.4. The van der Waals surface area contributed by atoms with Crippen molar-refractivity contribution in [2.75, 3.05) is 23.3 Å². The SMILES string of the molecule is CCN(CC)c1ccc(NC(=O)CC(NC(N)=O)c2cccs2)cn1. The van der Waals surface area contributed by atoms with Gasteiger partial charge in [0, 0.05) is 18.0 Å². The molecule has 0 bridgehead atoms. The van der Waals surface area contributed by atoms with Crippen molar-refractivity contribution in [1.29, 1.82) is 0 Å². The van der Waals surface area contributed by atoms with Crippen LogP contribution in [-0.4, -0.2) is 30.0 Å². The van der Waals surface area contributed by atoms with Crippen LogP contribution in [0.15, 0.2) is 35.8 Å². The second-order valence-corrected chi connectivity index (χ2v) is 6.39. The van der Waals surface area contributed by atoms with Gasteiger partial charge in [-0.25, -0.2) is 9.78 Å². The molecule has 0 spiro atoms. The summed E-state index contributed by atoms with van der Waals surface area (Å²) in [5, 5.41) is 7.29. The minimum absolute atomic E-state index is 0.0985. The average Bonchev–Trinajstić information content (AvgIpc) is 3.11. The number of carbonyl (C=O) groups is 2. The van der Waals surface area contributed by atoms with E-state index in [4.69, 9.17) is 5.73 Å². The van der Waals surface area contributed by atoms with Crippen molar-refractivity contribution >= 4 is 34.8 Å². The number of carbonyl (C=O) groups excluding carboxylic acids is 2. The van der Waals surface area contributed by atoms with Gasteiger partial charge in [-0.2, -0.15) is 0 Å². The van der Waals surface area contributed by atoms with Crippen molar-refractivity contribution in [1.82, 2.24) is 10.3 Å². The molecule has 134 valence electrons. The second-order valence-electron chi connectivity index (χ2n) is 5.41. The number of anilines is 2. The van der Waals surface area contributed by atoms with Gasteiger partial charge in [-0.1, -0.05) is 6.07 Å². The fourth-order valence-corrected chi connectivity index (χ4v) is 3.25. The number of primary amides is 1. The van der Waals surface area contributed by atoms with Crippen LogP contribution in [0.25, 0.3) is 0 Å². The van der Waals surface area contributed by atoms with E-state index in [0.717, 1.165) is 23.8 Å². The Labute approximate surface area is 151 Å². The Morgan fingerprint density at radius 1 is 1.28 bits per heavy atom. The Bertz CT molecular complexity index is 684. The van der Waals surface area contributed by atoms with Gasteiger partial charge in [0.15, 0.2) is 0 Å². The Morgan fingerprint density at radius 3 is 2.56 bits per heavy atom. The molecule has 0 aliphatic carbocycles. The molecule has 25 heavy (non-hydrogen) atoms. The molecule has 2 heterocycles. The maximum absolute atomic E-state index is 12.3. The number of aromatic nitrogens is 1. The quantitative estimate of drug-likeness (QED) is 0.673. The van der Waals surface area contributed by atoms with Gasteiger partial charge in [0.1, 0.15) is 5.82 Å². The number of urea groups is 1. The van der Waals surface area contributed by atoms with Crippen LogP contribution < -0.4 is 21.3 Å². The zero-order chi connectivity index (χ0) is 18.2. The van der Waals surface area contributed by atoms with E-state index in [1.165, 1.54) is 11.3 Å². The van der Waals surface area contributed by atoms with Gasteiger partial charge in [-0.15, -0.1) is 11.3 Å². The van der Waals surface area contributed by atoms with Crippen LogP contribution in [0.2, 0.25) is 0 Å². The van der Waals surface area contributed by atoms with E-state index in [9.17, 15) is 9.59 Å². The van der Waals surface area contributed by atoms with E-state index >= 15 is 0 Å². The third kappa shape index (κ3) is 5.46. The summed E-state index contributed by atoms with van der Waals surface area (Å²) in [6, 6.07) is 6.32. The normalized spacial score (nSPS) is 11.6. The zero-order valence-corrected chi connectivity index (χ0v) is 15.2. The van der Waals surface area contributed by atoms with Gasteiger partial charge in [-0.3, -0.25) is 4.79 Å². The topological polar surface area (TPSA) is 100 Å². The van der Waals surface area contributed by atoms with Gasteiger partial charge in [0.25, 0.3) is 0 Å². The first-order valence-corrected chi connectivity index (χ1v) is 9.01. The largest absolute Gasteiger partial charge is 0.357 e. The summed E-state index contributed by atoms with van der Waals surface area (Å²) < 4.78 is 0. The summed E-state index contributed by atoms with van der Waals surface area (Å²) in [6.45, 7) is 5.88. The van der Waals surface area contributed by atoms with E-state index in [1.807, 2.05) is 29.6 Å². The average molecular weight is 361 g/mol. The van der Waals surface area contributed by atoms with Crippen molar-refractivity contribution in [3.05, 3.63) is 40.7 Å². The molecule has 0 aliphatic rings. The van der Waals surface area contributed by atoms with Crippen molar-refractivity contribution in [2.45, 2.75) is 26.3 Å². The first kappa shape index (κ1) is 18.7. The molecular weight excluding hydrogens is 338 g/mol. The number of rotatable bonds is 8. The highest BCUT2D eigenvalue weighted by Gasteiger charge is 2.18. The summed E-state index contributed by atoms with van der Waals surface area (Å²) in [4.78, 5) is 30.8. The highest BCUT2D eigenvalue weighted by molar-refractivity contribution is 7.10. The van der Waals surface area contributed by atoms with Gasteiger partial charge in [-0.05, 0) is 37.4 Å². The molecule has 0 radical (unpaired) electrons. The molecule has 7 nitrogen and oxygen atoms in total. The third-order valence-corrected chi connectivity index (χ3v) is 4.70. The molecule has 0 saturated carbocycles. The number of nitrogens with zero attached hydrogens (tertiary/aromatic N) is 2. The predicted molar refractivity (Wildman–Crippen MR) is 101 cm³/mol. The van der Waals surface area contributed by atoms with Crippen molar-refractivity contribution in [3.8, 4) is 0 Å². The molecule has 0 saturated heterocycles. The van der Waals surface area contributed by atoms with E-state index in [1.54, 1.807) is 6.20 Å². The van der Waals surface area contributed by atoms with Gasteiger partial charge < -0.3 is 21.3 Å². The molecule has 0 aliphatic heterocycles. The lowest BCUT2D eigenvalue weighted by atomic mass is 10.1. The minimum Gasteiger partial charge on any atom is -0.357 e. The van der Waals surface area contributed by atoms with Crippen LogP contribution in [0.3, 0.4) is 0 Å². The monoisotopic (exact) mass is 361 g/mol. The second kappa shape index (κ2) is 9.03. The lowest BCUT2D eigenvalue weighted by molar-refractivity contribution is -0.116. The Kier molecular flexibility index (Phi) is 6.76. The van der Waals surface area contributed by atoms with Crippen LogP contribution in [0.5, 0.6) is 0 Å². The Morgan fingerprint density at radius 2 is 2.04 bits per heavy atom. The maximum Gasteiger partial charge on any atom is 0.312 e. The fraction of sp³-hybridized carbons (Fsp3) is 0.353. The minimum atomic E-state index is -0.656. The van der Waals surface area contributed by atoms with Crippen LogP contribution in [0, 0.1) is 0 Å². The number of nitrogens with two attached hydrogens (primary N) is 1. The first-order chi connectivity index (χ1) is 12.0. The summed E-state index contributed by atoms with van der Waals surface area (Å²) in [6.07, 6.45) is 1.73. The number of hydrogen-bond acceptors (Lipinski definition) is 5. The number of thiophene rings is 1. The molecule has 2 aromatic heterocycles. The van der Waals surface area contributed by atoms with Crippen LogP contribution in [-0.2, 0) is 4.79 Å². The lowest BCUT2D eigenvalue weighted by Crippen LogP contribution is -2.34. The van der Waals surface area contributed by atoms with Crippen LogP contribution in [0.1, 0.15) is 31.2 Å². The molecule has 3 amide bonds. The molecule has 4 N–H and O–H groups in total. The summed E-state index contributed by atoms with van der Waals surface area (Å²) in [5.74, 6) is 0.652. The molecule has 0 aromatic carbocycles. The highest BCUT2D eigenvalue weighted by Crippen LogP contribution is 2.23. The Balaban J connectivity index is 1.99. The summed E-state index contributed by atoms with van der Waals surface area (Å²) in [7, 11) is 0. The van der Waals surface area contributed by atoms with Gasteiger partial charge in [0.2, 0.25) is 5.91 Å². The standard InChI is InChI=1S/C17H23N5O2S/c1-3-22(4-2)15-8-7-12(11-19-15)20-16(23)10-13(21-17(18)24)14-6-5-9-25-14/h5-9,11,13H,3-4,10H2,1-2H3,(H,20,23)(H3,18,21,24). The number of pyridine rings is 1. The van der Waals surface area contributed by atoms with Crippen LogP contribution >= 0.6 is 11.3 Å². The highest BCUT2D eigenvalue weighted by atomic mass is 32.1. The van der Waals surface area contributed by atoms with E-state index in [2.05, 4.69) is 34.4 Å². The lowest BCUT2D eigenvalue weighted by Gasteiger charge is -2.20. The first-order valence-electron chi connectivity index (χ1n) is 8.13. The maximum atomic E-state index is 12.3. The number of nitrogens with one attached hydrogen (secondary N) is 2. The number of amides is 3. The molecule has 0 fully saturated rings. The van der Waals surface area contributed by atoms with Crippen LogP contribution in [0.4, 0.5) is 16.3 Å². The smallest absolute Gasteiger partial charge is 0.312 e. The summed E-state index contributed by atoms with van der Waals surface area (Å²) >= 11 is 1.46. The third-order valence-electron chi connectivity index (χ3n) is 3.71. The molecular formula is C17H23N5O2S. The van der Waals surface area contributed by atoms with Gasteiger partial charge in [0.05, 0.1) is 24.3 Å².